The lowest BCUT2D eigenvalue weighted by Crippen LogP contribution is -2.44. The van der Waals surface area contributed by atoms with Gasteiger partial charge in [-0.25, -0.2) is 4.98 Å². The van der Waals surface area contributed by atoms with Crippen LogP contribution >= 0.6 is 0 Å². The van der Waals surface area contributed by atoms with Gasteiger partial charge in [0, 0.05) is 25.3 Å². The molecule has 1 aromatic heterocycles. The smallest absolute Gasteiger partial charge is 0.129 e. The van der Waals surface area contributed by atoms with Gasteiger partial charge in [0.25, 0.3) is 0 Å². The van der Waals surface area contributed by atoms with Crippen LogP contribution in [0.2, 0.25) is 0 Å². The van der Waals surface area contributed by atoms with Crippen LogP contribution in [0.3, 0.4) is 0 Å². The monoisotopic (exact) mass is 249 g/mol. The highest BCUT2D eigenvalue weighted by molar-refractivity contribution is 5.42. The third kappa shape index (κ3) is 3.43. The second kappa shape index (κ2) is 6.16. The van der Waals surface area contributed by atoms with Crippen molar-refractivity contribution in [3.05, 3.63) is 23.9 Å². The predicted octanol–water partition coefficient (Wildman–Crippen LogP) is 1.80. The van der Waals surface area contributed by atoms with Crippen LogP contribution < -0.4 is 10.2 Å². The summed E-state index contributed by atoms with van der Waals surface area (Å²) in [6.45, 7) is 9.90. The summed E-state index contributed by atoms with van der Waals surface area (Å²) in [5.74, 6) is 1.06. The number of pyridine rings is 1. The average molecular weight is 249 g/mol. The van der Waals surface area contributed by atoms with Crippen LogP contribution in [0, 0.1) is 0 Å². The van der Waals surface area contributed by atoms with Gasteiger partial charge in [-0.2, -0.15) is 0 Å². The number of hydrogen-bond acceptors (Lipinski definition) is 4. The molecule has 0 amide bonds. The minimum Gasteiger partial charge on any atom is -0.377 e. The van der Waals surface area contributed by atoms with E-state index in [0.717, 1.165) is 32.1 Å². The number of morpholine rings is 1. The summed E-state index contributed by atoms with van der Waals surface area (Å²) in [4.78, 5) is 6.80. The van der Waals surface area contributed by atoms with Crippen LogP contribution in [0.5, 0.6) is 0 Å². The molecule has 1 aliphatic rings. The Balaban J connectivity index is 2.06. The van der Waals surface area contributed by atoms with Gasteiger partial charge in [0.2, 0.25) is 0 Å². The molecule has 1 aromatic rings. The summed E-state index contributed by atoms with van der Waals surface area (Å²) in [6.07, 6.45) is 1.90. The van der Waals surface area contributed by atoms with Crippen LogP contribution in [0.15, 0.2) is 18.3 Å². The molecule has 0 bridgehead atoms. The minimum atomic E-state index is 0.402. The predicted molar refractivity (Wildman–Crippen MR) is 73.8 cm³/mol. The van der Waals surface area contributed by atoms with Crippen molar-refractivity contribution >= 4 is 5.82 Å². The molecule has 2 heterocycles. The van der Waals surface area contributed by atoms with E-state index in [2.05, 4.69) is 48.1 Å². The number of hydrogen-bond donors (Lipinski definition) is 1. The molecule has 1 aliphatic heterocycles. The first-order chi connectivity index (χ1) is 8.66. The SMILES string of the molecule is CC(C)NCc1ccnc(N2CCOCC2C)c1. The molecule has 0 aromatic carbocycles. The van der Waals surface area contributed by atoms with Gasteiger partial charge < -0.3 is 15.0 Å². The van der Waals surface area contributed by atoms with E-state index in [0.29, 0.717) is 12.1 Å². The highest BCUT2D eigenvalue weighted by atomic mass is 16.5. The first kappa shape index (κ1) is 13.3. The van der Waals surface area contributed by atoms with Crippen molar-refractivity contribution in [2.75, 3.05) is 24.7 Å². The summed E-state index contributed by atoms with van der Waals surface area (Å²) < 4.78 is 5.46. The van der Waals surface area contributed by atoms with Gasteiger partial charge >= 0.3 is 0 Å². The number of rotatable bonds is 4. The fourth-order valence-electron chi connectivity index (χ4n) is 2.12. The molecule has 2 rings (SSSR count). The van der Waals surface area contributed by atoms with Gasteiger partial charge in [-0.05, 0) is 24.6 Å². The zero-order valence-corrected chi connectivity index (χ0v) is 11.5. The van der Waals surface area contributed by atoms with E-state index in [1.807, 2.05) is 6.20 Å². The summed E-state index contributed by atoms with van der Waals surface area (Å²) in [6, 6.07) is 5.16. The fraction of sp³-hybridized carbons (Fsp3) is 0.643. The van der Waals surface area contributed by atoms with Crippen molar-refractivity contribution in [3.63, 3.8) is 0 Å². The van der Waals surface area contributed by atoms with Gasteiger partial charge in [-0.1, -0.05) is 13.8 Å². The third-order valence-corrected chi connectivity index (χ3v) is 3.19. The van der Waals surface area contributed by atoms with Crippen molar-refractivity contribution in [1.82, 2.24) is 10.3 Å². The largest absolute Gasteiger partial charge is 0.377 e. The Morgan fingerprint density at radius 2 is 2.39 bits per heavy atom. The van der Waals surface area contributed by atoms with Crippen LogP contribution in [0.1, 0.15) is 26.3 Å². The van der Waals surface area contributed by atoms with Crippen LogP contribution in [-0.4, -0.2) is 36.8 Å². The fourth-order valence-corrected chi connectivity index (χ4v) is 2.12. The normalized spacial score (nSPS) is 20.4. The average Bonchev–Trinajstić information content (AvgIpc) is 2.37. The van der Waals surface area contributed by atoms with Crippen LogP contribution in [0.25, 0.3) is 0 Å². The highest BCUT2D eigenvalue weighted by Gasteiger charge is 2.20. The maximum Gasteiger partial charge on any atom is 0.129 e. The summed E-state index contributed by atoms with van der Waals surface area (Å²) in [5, 5.41) is 3.43. The zero-order chi connectivity index (χ0) is 13.0. The van der Waals surface area contributed by atoms with E-state index in [-0.39, 0.29) is 0 Å². The zero-order valence-electron chi connectivity index (χ0n) is 11.5. The summed E-state index contributed by atoms with van der Waals surface area (Å²) in [5.41, 5.74) is 1.28. The lowest BCUT2D eigenvalue weighted by molar-refractivity contribution is 0.0985. The van der Waals surface area contributed by atoms with E-state index >= 15 is 0 Å². The molecule has 0 spiro atoms. The quantitative estimate of drug-likeness (QED) is 0.883. The molecule has 0 radical (unpaired) electrons. The Bertz CT molecular complexity index is 381. The molecular weight excluding hydrogens is 226 g/mol. The molecule has 1 saturated heterocycles. The Morgan fingerprint density at radius 1 is 1.56 bits per heavy atom. The molecule has 1 unspecified atom stereocenters. The highest BCUT2D eigenvalue weighted by Crippen LogP contribution is 2.18. The maximum atomic E-state index is 5.46. The molecule has 1 N–H and O–H groups in total. The number of nitrogens with one attached hydrogen (secondary N) is 1. The Labute approximate surface area is 109 Å². The van der Waals surface area contributed by atoms with Crippen molar-refractivity contribution in [1.29, 1.82) is 0 Å². The Hall–Kier alpha value is -1.13. The Morgan fingerprint density at radius 3 is 3.11 bits per heavy atom. The lowest BCUT2D eigenvalue weighted by Gasteiger charge is -2.34. The van der Waals surface area contributed by atoms with Crippen molar-refractivity contribution < 1.29 is 4.74 Å². The summed E-state index contributed by atoms with van der Waals surface area (Å²) >= 11 is 0. The van der Waals surface area contributed by atoms with Crippen LogP contribution in [-0.2, 0) is 11.3 Å². The number of anilines is 1. The number of nitrogens with zero attached hydrogens (tertiary/aromatic N) is 2. The van der Waals surface area contributed by atoms with Crippen LogP contribution in [0.4, 0.5) is 5.82 Å². The molecule has 0 saturated carbocycles. The molecule has 1 atom stereocenters. The molecule has 0 aliphatic carbocycles. The topological polar surface area (TPSA) is 37.4 Å². The van der Waals surface area contributed by atoms with E-state index in [1.165, 1.54) is 5.56 Å². The van der Waals surface area contributed by atoms with Gasteiger partial charge in [0.05, 0.1) is 19.3 Å². The summed E-state index contributed by atoms with van der Waals surface area (Å²) in [7, 11) is 0. The van der Waals surface area contributed by atoms with Crippen molar-refractivity contribution in [3.8, 4) is 0 Å². The lowest BCUT2D eigenvalue weighted by atomic mass is 10.2. The standard InChI is InChI=1S/C14H23N3O/c1-11(2)16-9-13-4-5-15-14(8-13)17-6-7-18-10-12(17)3/h4-5,8,11-12,16H,6-7,9-10H2,1-3H3. The Kier molecular flexibility index (Phi) is 4.55. The van der Waals surface area contributed by atoms with E-state index in [1.54, 1.807) is 0 Å². The first-order valence-corrected chi connectivity index (χ1v) is 6.69. The molecule has 18 heavy (non-hydrogen) atoms. The number of aromatic nitrogens is 1. The van der Waals surface area contributed by atoms with E-state index in [4.69, 9.17) is 4.74 Å². The molecule has 4 heteroatoms. The second-order valence-corrected chi connectivity index (χ2v) is 5.18. The van der Waals surface area contributed by atoms with E-state index in [9.17, 15) is 0 Å². The van der Waals surface area contributed by atoms with Gasteiger partial charge in [0.15, 0.2) is 0 Å². The maximum absolute atomic E-state index is 5.46. The second-order valence-electron chi connectivity index (χ2n) is 5.18. The third-order valence-electron chi connectivity index (χ3n) is 3.19. The number of ether oxygens (including phenoxy) is 1. The van der Waals surface area contributed by atoms with Gasteiger partial charge in [-0.3, -0.25) is 0 Å². The molecular formula is C14H23N3O. The van der Waals surface area contributed by atoms with E-state index < -0.39 is 0 Å². The molecule has 4 nitrogen and oxygen atoms in total. The van der Waals surface area contributed by atoms with Crippen molar-refractivity contribution in [2.45, 2.75) is 39.4 Å². The van der Waals surface area contributed by atoms with Gasteiger partial charge in [0.1, 0.15) is 5.82 Å². The molecule has 100 valence electrons. The minimum absolute atomic E-state index is 0.402. The van der Waals surface area contributed by atoms with Crippen molar-refractivity contribution in [2.24, 2.45) is 0 Å². The first-order valence-electron chi connectivity index (χ1n) is 6.69. The molecule has 1 fully saturated rings. The van der Waals surface area contributed by atoms with Gasteiger partial charge in [-0.15, -0.1) is 0 Å².